The highest BCUT2D eigenvalue weighted by molar-refractivity contribution is 7.80. The fourth-order valence-corrected chi connectivity index (χ4v) is 2.27. The van der Waals surface area contributed by atoms with Gasteiger partial charge < -0.3 is 24.3 Å². The first-order valence-electron chi connectivity index (χ1n) is 4.82. The molecule has 2 unspecified atom stereocenters. The first-order chi connectivity index (χ1) is 7.63. The average Bonchev–Trinajstić information content (AvgIpc) is 2.16. The molecule has 0 aliphatic carbocycles. The van der Waals surface area contributed by atoms with Crippen LogP contribution in [0.4, 0.5) is 0 Å². The van der Waals surface area contributed by atoms with Crippen LogP contribution in [0.15, 0.2) is 0 Å². The molecule has 1 aliphatic heterocycles. The number of carboxylic acid groups (broad SMARTS) is 1. The van der Waals surface area contributed by atoms with Gasteiger partial charge in [0, 0.05) is 5.92 Å². The summed E-state index contributed by atoms with van der Waals surface area (Å²) in [6, 6.07) is 0. The van der Waals surface area contributed by atoms with Gasteiger partial charge in [-0.1, -0.05) is 6.92 Å². The molecule has 0 aromatic heterocycles. The molecule has 1 fully saturated rings. The normalized spacial score (nSPS) is 38.9. The summed E-state index contributed by atoms with van der Waals surface area (Å²) in [4.78, 5) is 10.7. The van der Waals surface area contributed by atoms with Crippen molar-refractivity contribution in [2.75, 3.05) is 0 Å². The van der Waals surface area contributed by atoms with Crippen molar-refractivity contribution in [3.05, 3.63) is 0 Å². The fourth-order valence-electron chi connectivity index (χ4n) is 1.73. The second-order valence-corrected chi connectivity index (χ2v) is 4.91. The van der Waals surface area contributed by atoms with E-state index >= 15 is 0 Å². The molecule has 0 saturated carbocycles. The Bertz CT molecular complexity index is 390. The Hall–Kier alpha value is -0.740. The van der Waals surface area contributed by atoms with E-state index in [1.54, 1.807) is 0 Å². The quantitative estimate of drug-likeness (QED) is 0.433. The second-order valence-electron chi connectivity index (χ2n) is 3.90. The number of hydrogen-bond donors (Lipinski definition) is 1. The zero-order chi connectivity index (χ0) is 13.4. The SMILES string of the molecule is C[C@@H]1OC(C(=O)[O-])[C@@H](C)[C@@H](O)C1OS(=O)(=O)[O-]. The van der Waals surface area contributed by atoms with E-state index in [4.69, 9.17) is 4.74 Å². The van der Waals surface area contributed by atoms with Gasteiger partial charge >= 0.3 is 0 Å². The highest BCUT2D eigenvalue weighted by Gasteiger charge is 2.43. The number of carbonyl (C=O) groups excluding carboxylic acids is 1. The van der Waals surface area contributed by atoms with Crippen molar-refractivity contribution in [3.63, 3.8) is 0 Å². The maximum absolute atomic E-state index is 10.7. The lowest BCUT2D eigenvalue weighted by molar-refractivity contribution is -0.328. The van der Waals surface area contributed by atoms with Crippen LogP contribution in [-0.4, -0.2) is 48.5 Å². The first-order valence-corrected chi connectivity index (χ1v) is 6.15. The lowest BCUT2D eigenvalue weighted by Crippen LogP contribution is -2.58. The molecule has 0 aromatic rings. The number of carboxylic acids is 1. The molecule has 1 heterocycles. The minimum atomic E-state index is -5.00. The van der Waals surface area contributed by atoms with Gasteiger partial charge in [-0.05, 0) is 6.92 Å². The third-order valence-corrected chi connectivity index (χ3v) is 3.10. The summed E-state index contributed by atoms with van der Waals surface area (Å²) in [5.74, 6) is -2.48. The molecule has 0 radical (unpaired) electrons. The van der Waals surface area contributed by atoms with E-state index in [2.05, 4.69) is 4.18 Å². The molecule has 17 heavy (non-hydrogen) atoms. The number of aliphatic carboxylic acids is 1. The number of carbonyl (C=O) groups is 1. The Kier molecular flexibility index (Phi) is 4.10. The first kappa shape index (κ1) is 14.3. The molecule has 1 rings (SSSR count). The van der Waals surface area contributed by atoms with Gasteiger partial charge in [0.1, 0.15) is 12.2 Å². The Labute approximate surface area is 98.1 Å². The molecule has 1 saturated heterocycles. The molecule has 100 valence electrons. The molecule has 1 aliphatic rings. The second kappa shape index (κ2) is 4.86. The van der Waals surface area contributed by atoms with E-state index in [9.17, 15) is 28.0 Å². The minimum Gasteiger partial charge on any atom is -0.726 e. The highest BCUT2D eigenvalue weighted by atomic mass is 32.3. The van der Waals surface area contributed by atoms with Crippen molar-refractivity contribution in [1.82, 2.24) is 0 Å². The molecule has 0 amide bonds. The Morgan fingerprint density at radius 2 is 1.94 bits per heavy atom. The van der Waals surface area contributed by atoms with Gasteiger partial charge in [0.2, 0.25) is 10.4 Å². The highest BCUT2D eigenvalue weighted by Crippen LogP contribution is 2.28. The molecule has 8 nitrogen and oxygen atoms in total. The maximum Gasteiger partial charge on any atom is 0.218 e. The summed E-state index contributed by atoms with van der Waals surface area (Å²) < 4.78 is 40.4. The lowest BCUT2D eigenvalue weighted by atomic mass is 9.88. The van der Waals surface area contributed by atoms with Crippen LogP contribution >= 0.6 is 0 Å². The van der Waals surface area contributed by atoms with Gasteiger partial charge in [-0.15, -0.1) is 0 Å². The van der Waals surface area contributed by atoms with E-state index in [0.717, 1.165) is 0 Å². The van der Waals surface area contributed by atoms with Crippen LogP contribution in [0.25, 0.3) is 0 Å². The Morgan fingerprint density at radius 3 is 2.35 bits per heavy atom. The van der Waals surface area contributed by atoms with Crippen LogP contribution in [0.2, 0.25) is 0 Å². The summed E-state index contributed by atoms with van der Waals surface area (Å²) in [7, 11) is -5.00. The van der Waals surface area contributed by atoms with Crippen molar-refractivity contribution in [2.45, 2.75) is 38.3 Å². The van der Waals surface area contributed by atoms with Gasteiger partial charge in [-0.3, -0.25) is 4.18 Å². The number of aliphatic hydroxyl groups excluding tert-OH is 1. The van der Waals surface area contributed by atoms with Gasteiger partial charge in [0.15, 0.2) is 0 Å². The van der Waals surface area contributed by atoms with Crippen molar-refractivity contribution in [3.8, 4) is 0 Å². The average molecular weight is 268 g/mol. The number of hydrogen-bond acceptors (Lipinski definition) is 8. The van der Waals surface area contributed by atoms with Gasteiger partial charge in [-0.25, -0.2) is 8.42 Å². The molecular weight excluding hydrogens is 256 g/mol. The summed E-state index contributed by atoms with van der Waals surface area (Å²) >= 11 is 0. The molecule has 0 aromatic carbocycles. The van der Waals surface area contributed by atoms with E-state index in [-0.39, 0.29) is 0 Å². The summed E-state index contributed by atoms with van der Waals surface area (Å²) in [6.07, 6.45) is -5.32. The van der Waals surface area contributed by atoms with Crippen molar-refractivity contribution in [2.24, 2.45) is 5.92 Å². The van der Waals surface area contributed by atoms with Crippen molar-refractivity contribution >= 4 is 16.4 Å². The molecule has 5 atom stereocenters. The molecule has 1 N–H and O–H groups in total. The zero-order valence-corrected chi connectivity index (χ0v) is 9.92. The Morgan fingerprint density at radius 1 is 1.41 bits per heavy atom. The van der Waals surface area contributed by atoms with Gasteiger partial charge in [-0.2, -0.15) is 0 Å². The molecule has 0 spiro atoms. The Balaban J connectivity index is 2.87. The topological polar surface area (TPSA) is 136 Å². The molecule has 9 heteroatoms. The minimum absolute atomic E-state index is 0.956. The van der Waals surface area contributed by atoms with Crippen molar-refractivity contribution in [1.29, 1.82) is 0 Å². The maximum atomic E-state index is 10.7. The van der Waals surface area contributed by atoms with Crippen LogP contribution in [0.5, 0.6) is 0 Å². The smallest absolute Gasteiger partial charge is 0.218 e. The van der Waals surface area contributed by atoms with Gasteiger partial charge in [0.25, 0.3) is 0 Å². The monoisotopic (exact) mass is 268 g/mol. The van der Waals surface area contributed by atoms with Crippen molar-refractivity contribution < 1.29 is 36.9 Å². The van der Waals surface area contributed by atoms with Crippen LogP contribution in [0, 0.1) is 5.92 Å². The largest absolute Gasteiger partial charge is 0.726 e. The molecular formula is C8H12O8S-2. The standard InChI is InChI=1S/C8H14O8S/c1-3-5(9)7(16-17(12,13)14)4(2)15-6(3)8(10)11/h3-7,9H,1-2H3,(H,10,11)(H,12,13,14)/p-2/t3-,4-,5+,6?,7?/m0/s1. The number of rotatable bonds is 3. The predicted octanol–water partition coefficient (Wildman–Crippen LogP) is -2.63. The summed E-state index contributed by atoms with van der Waals surface area (Å²) in [5, 5.41) is 20.4. The van der Waals surface area contributed by atoms with Crippen LogP contribution in [0.3, 0.4) is 0 Å². The van der Waals surface area contributed by atoms with Crippen LogP contribution < -0.4 is 5.11 Å². The summed E-state index contributed by atoms with van der Waals surface area (Å²) in [5.41, 5.74) is 0. The lowest BCUT2D eigenvalue weighted by Gasteiger charge is -2.42. The van der Waals surface area contributed by atoms with E-state index < -0.39 is 46.7 Å². The number of ether oxygens (including phenoxy) is 1. The third-order valence-electron chi connectivity index (χ3n) is 2.64. The fraction of sp³-hybridized carbons (Fsp3) is 0.875. The van der Waals surface area contributed by atoms with Crippen LogP contribution in [0.1, 0.15) is 13.8 Å². The van der Waals surface area contributed by atoms with E-state index in [0.29, 0.717) is 0 Å². The van der Waals surface area contributed by atoms with Gasteiger partial charge in [0.05, 0.1) is 18.2 Å². The van der Waals surface area contributed by atoms with E-state index in [1.807, 2.05) is 0 Å². The third kappa shape index (κ3) is 3.36. The molecule has 0 bridgehead atoms. The predicted molar refractivity (Wildman–Crippen MR) is 49.1 cm³/mol. The number of aliphatic hydroxyl groups is 1. The van der Waals surface area contributed by atoms with Crippen LogP contribution in [-0.2, 0) is 24.1 Å². The summed E-state index contributed by atoms with van der Waals surface area (Å²) in [6.45, 7) is 2.62. The zero-order valence-electron chi connectivity index (χ0n) is 9.10. The van der Waals surface area contributed by atoms with E-state index in [1.165, 1.54) is 13.8 Å².